The van der Waals surface area contributed by atoms with E-state index in [1.54, 1.807) is 6.92 Å². The fraction of sp³-hybridized carbons (Fsp3) is 0.923. The topological polar surface area (TPSA) is 44.4 Å². The number of nitrogens with zero attached hydrogens (tertiary/aromatic N) is 1. The Bertz CT molecular complexity index is 243. The Morgan fingerprint density at radius 1 is 1.35 bits per heavy atom. The minimum Gasteiger partial charge on any atom is -0.356 e. The zero-order valence-electron chi connectivity index (χ0n) is 10.9. The molecular formula is C13H25N3O. The molecule has 1 atom stereocenters. The molecule has 1 unspecified atom stereocenters. The van der Waals surface area contributed by atoms with Gasteiger partial charge in [-0.2, -0.15) is 0 Å². The van der Waals surface area contributed by atoms with Crippen LogP contribution in [0.5, 0.6) is 0 Å². The maximum absolute atomic E-state index is 10.9. The van der Waals surface area contributed by atoms with E-state index in [9.17, 15) is 4.79 Å². The van der Waals surface area contributed by atoms with E-state index in [0.717, 1.165) is 19.1 Å². The molecule has 0 radical (unpaired) electrons. The van der Waals surface area contributed by atoms with Crippen molar-refractivity contribution in [3.63, 3.8) is 0 Å². The summed E-state index contributed by atoms with van der Waals surface area (Å²) >= 11 is 0. The number of carbonyl (C=O) groups is 1. The van der Waals surface area contributed by atoms with Crippen LogP contribution in [0.1, 0.15) is 32.6 Å². The van der Waals surface area contributed by atoms with Gasteiger partial charge in [0.25, 0.3) is 0 Å². The van der Waals surface area contributed by atoms with Gasteiger partial charge >= 0.3 is 0 Å². The van der Waals surface area contributed by atoms with Crippen molar-refractivity contribution in [2.75, 3.05) is 32.7 Å². The Hall–Kier alpha value is -0.610. The smallest absolute Gasteiger partial charge is 0.216 e. The molecule has 0 spiro atoms. The standard InChI is InChI=1S/C13H25N3O/c1-11(17)15-9-12-4-7-16(8-5-12)13-3-2-6-14-10-13/h12-14H,2-10H2,1H3,(H,15,17). The second-order valence-corrected chi connectivity index (χ2v) is 5.42. The van der Waals surface area contributed by atoms with Crippen LogP contribution >= 0.6 is 0 Å². The van der Waals surface area contributed by atoms with Gasteiger partial charge in [-0.25, -0.2) is 0 Å². The first-order valence-corrected chi connectivity index (χ1v) is 6.95. The summed E-state index contributed by atoms with van der Waals surface area (Å²) in [5.74, 6) is 0.788. The Labute approximate surface area is 104 Å². The fourth-order valence-corrected chi connectivity index (χ4v) is 2.96. The van der Waals surface area contributed by atoms with E-state index in [1.165, 1.54) is 45.3 Å². The van der Waals surface area contributed by atoms with Gasteiger partial charge in [0, 0.05) is 26.1 Å². The average molecular weight is 239 g/mol. The molecule has 2 aliphatic heterocycles. The molecule has 2 heterocycles. The Balaban J connectivity index is 1.68. The third-order valence-electron chi connectivity index (χ3n) is 4.08. The van der Waals surface area contributed by atoms with Crippen molar-refractivity contribution < 1.29 is 4.79 Å². The van der Waals surface area contributed by atoms with Crippen molar-refractivity contribution in [2.24, 2.45) is 5.92 Å². The van der Waals surface area contributed by atoms with Crippen LogP contribution in [0, 0.1) is 5.92 Å². The van der Waals surface area contributed by atoms with Gasteiger partial charge in [-0.05, 0) is 51.2 Å². The number of piperidine rings is 2. The van der Waals surface area contributed by atoms with E-state index in [2.05, 4.69) is 15.5 Å². The zero-order valence-corrected chi connectivity index (χ0v) is 10.9. The van der Waals surface area contributed by atoms with E-state index < -0.39 is 0 Å². The predicted octanol–water partition coefficient (Wildman–Crippen LogP) is 0.587. The molecule has 2 aliphatic rings. The van der Waals surface area contributed by atoms with Crippen molar-refractivity contribution in [2.45, 2.75) is 38.6 Å². The molecule has 0 saturated carbocycles. The number of rotatable bonds is 3. The van der Waals surface area contributed by atoms with Crippen LogP contribution in [-0.4, -0.2) is 49.6 Å². The van der Waals surface area contributed by atoms with Gasteiger partial charge in [0.05, 0.1) is 0 Å². The van der Waals surface area contributed by atoms with E-state index in [-0.39, 0.29) is 5.91 Å². The second-order valence-electron chi connectivity index (χ2n) is 5.42. The lowest BCUT2D eigenvalue weighted by Crippen LogP contribution is -2.49. The van der Waals surface area contributed by atoms with Gasteiger partial charge < -0.3 is 10.6 Å². The van der Waals surface area contributed by atoms with Crippen LogP contribution in [0.15, 0.2) is 0 Å². The molecule has 2 N–H and O–H groups in total. The number of nitrogens with one attached hydrogen (secondary N) is 2. The zero-order chi connectivity index (χ0) is 12.1. The van der Waals surface area contributed by atoms with Crippen LogP contribution in [0.3, 0.4) is 0 Å². The lowest BCUT2D eigenvalue weighted by atomic mass is 9.94. The predicted molar refractivity (Wildman–Crippen MR) is 68.9 cm³/mol. The Morgan fingerprint density at radius 2 is 2.12 bits per heavy atom. The molecule has 98 valence electrons. The average Bonchev–Trinajstić information content (AvgIpc) is 2.38. The molecule has 2 rings (SSSR count). The fourth-order valence-electron chi connectivity index (χ4n) is 2.96. The molecule has 0 aliphatic carbocycles. The molecular weight excluding hydrogens is 214 g/mol. The molecule has 1 amide bonds. The summed E-state index contributed by atoms with van der Waals surface area (Å²) in [6.45, 7) is 7.23. The Morgan fingerprint density at radius 3 is 2.71 bits per heavy atom. The highest BCUT2D eigenvalue weighted by Crippen LogP contribution is 2.20. The van der Waals surface area contributed by atoms with Gasteiger partial charge in [0.15, 0.2) is 0 Å². The van der Waals surface area contributed by atoms with Gasteiger partial charge in [0.1, 0.15) is 0 Å². The number of carbonyl (C=O) groups excluding carboxylic acids is 1. The minimum atomic E-state index is 0.101. The summed E-state index contributed by atoms with van der Waals surface area (Å²) in [6.07, 6.45) is 5.13. The van der Waals surface area contributed by atoms with Crippen LogP contribution in [-0.2, 0) is 4.79 Å². The molecule has 4 nitrogen and oxygen atoms in total. The summed E-state index contributed by atoms with van der Waals surface area (Å²) in [5.41, 5.74) is 0. The van der Waals surface area contributed by atoms with Crippen molar-refractivity contribution in [1.82, 2.24) is 15.5 Å². The summed E-state index contributed by atoms with van der Waals surface area (Å²) in [5, 5.41) is 6.42. The highest BCUT2D eigenvalue weighted by atomic mass is 16.1. The first-order chi connectivity index (χ1) is 8.25. The summed E-state index contributed by atoms with van der Waals surface area (Å²) in [4.78, 5) is 13.5. The minimum absolute atomic E-state index is 0.101. The normalized spacial score (nSPS) is 27.9. The number of hydrogen-bond donors (Lipinski definition) is 2. The van der Waals surface area contributed by atoms with Crippen LogP contribution in [0.4, 0.5) is 0 Å². The maximum Gasteiger partial charge on any atom is 0.216 e. The number of hydrogen-bond acceptors (Lipinski definition) is 3. The van der Waals surface area contributed by atoms with Crippen LogP contribution in [0.2, 0.25) is 0 Å². The van der Waals surface area contributed by atoms with Crippen molar-refractivity contribution in [1.29, 1.82) is 0 Å². The monoisotopic (exact) mass is 239 g/mol. The third kappa shape index (κ3) is 3.96. The van der Waals surface area contributed by atoms with Crippen molar-refractivity contribution >= 4 is 5.91 Å². The van der Waals surface area contributed by atoms with E-state index in [0.29, 0.717) is 5.92 Å². The number of amides is 1. The SMILES string of the molecule is CC(=O)NCC1CCN(C2CCCNC2)CC1. The molecule has 2 saturated heterocycles. The van der Waals surface area contributed by atoms with Gasteiger partial charge in [0.2, 0.25) is 5.91 Å². The summed E-state index contributed by atoms with van der Waals surface area (Å²) in [7, 11) is 0. The van der Waals surface area contributed by atoms with Crippen LogP contribution < -0.4 is 10.6 Å². The highest BCUT2D eigenvalue weighted by Gasteiger charge is 2.25. The first kappa shape index (κ1) is 12.8. The lowest BCUT2D eigenvalue weighted by Gasteiger charge is -2.39. The molecule has 0 bridgehead atoms. The van der Waals surface area contributed by atoms with Crippen molar-refractivity contribution in [3.8, 4) is 0 Å². The maximum atomic E-state index is 10.9. The van der Waals surface area contributed by atoms with E-state index in [4.69, 9.17) is 0 Å². The molecule has 0 aromatic carbocycles. The Kier molecular flexibility index (Phi) is 4.80. The number of likely N-dealkylation sites (tertiary alicyclic amines) is 1. The largest absolute Gasteiger partial charge is 0.356 e. The van der Waals surface area contributed by atoms with E-state index in [1.807, 2.05) is 0 Å². The van der Waals surface area contributed by atoms with Gasteiger partial charge in [-0.15, -0.1) is 0 Å². The molecule has 4 heteroatoms. The third-order valence-corrected chi connectivity index (χ3v) is 4.08. The summed E-state index contributed by atoms with van der Waals surface area (Å²) < 4.78 is 0. The molecule has 17 heavy (non-hydrogen) atoms. The molecule has 0 aromatic heterocycles. The van der Waals surface area contributed by atoms with Gasteiger partial charge in [-0.1, -0.05) is 0 Å². The van der Waals surface area contributed by atoms with Crippen molar-refractivity contribution in [3.05, 3.63) is 0 Å². The first-order valence-electron chi connectivity index (χ1n) is 6.95. The van der Waals surface area contributed by atoms with Gasteiger partial charge in [-0.3, -0.25) is 9.69 Å². The quantitative estimate of drug-likeness (QED) is 0.757. The molecule has 2 fully saturated rings. The summed E-state index contributed by atoms with van der Waals surface area (Å²) in [6, 6.07) is 0.755. The van der Waals surface area contributed by atoms with E-state index >= 15 is 0 Å². The highest BCUT2D eigenvalue weighted by molar-refractivity contribution is 5.72. The van der Waals surface area contributed by atoms with Crippen LogP contribution in [0.25, 0.3) is 0 Å². The lowest BCUT2D eigenvalue weighted by molar-refractivity contribution is -0.119. The second kappa shape index (κ2) is 6.36. The molecule has 0 aromatic rings.